The molecule has 0 saturated heterocycles. The Balaban J connectivity index is 1.56. The molecular weight excluding hydrogens is 442 g/mol. The minimum absolute atomic E-state index is 0.319. The van der Waals surface area contributed by atoms with Crippen molar-refractivity contribution in [2.45, 2.75) is 31.5 Å². The first-order valence-electron chi connectivity index (χ1n) is 9.12. The molecule has 0 unspecified atom stereocenters. The van der Waals surface area contributed by atoms with Gasteiger partial charge in [0, 0.05) is 12.1 Å². The van der Waals surface area contributed by atoms with Gasteiger partial charge < -0.3 is 9.47 Å². The molecule has 31 heavy (non-hydrogen) atoms. The van der Waals surface area contributed by atoms with E-state index in [0.717, 1.165) is 10.2 Å². The van der Waals surface area contributed by atoms with Gasteiger partial charge in [-0.15, -0.1) is 5.10 Å². The van der Waals surface area contributed by atoms with E-state index in [-0.39, 0.29) is 0 Å². The van der Waals surface area contributed by atoms with E-state index < -0.39 is 11.7 Å². The number of benzene rings is 1. The Kier molecular flexibility index (Phi) is 5.54. The number of nitrogens with zero attached hydrogens (tertiary/aromatic N) is 7. The van der Waals surface area contributed by atoms with E-state index in [9.17, 15) is 4.79 Å². The standard InChI is InChI=1S/C19H18ClN7O3S/c1-19(2,3)30-18(28)26-10-12(9-21-26)29-11-5-6-14-13(7-11)24-25-27(14)16-8-15(20)22-17(23-16)31-4/h5-10H,1-4H3. The maximum Gasteiger partial charge on any atom is 0.435 e. The monoisotopic (exact) mass is 459 g/mol. The van der Waals surface area contributed by atoms with Gasteiger partial charge in [0.25, 0.3) is 0 Å². The van der Waals surface area contributed by atoms with Gasteiger partial charge in [0.1, 0.15) is 22.0 Å². The highest BCUT2D eigenvalue weighted by molar-refractivity contribution is 7.98. The Hall–Kier alpha value is -3.18. The summed E-state index contributed by atoms with van der Waals surface area (Å²) in [6.45, 7) is 5.35. The molecule has 0 amide bonds. The number of hydrogen-bond donors (Lipinski definition) is 0. The molecule has 0 N–H and O–H groups in total. The summed E-state index contributed by atoms with van der Waals surface area (Å²) >= 11 is 7.47. The van der Waals surface area contributed by atoms with Gasteiger partial charge in [0.05, 0.1) is 17.9 Å². The quantitative estimate of drug-likeness (QED) is 0.249. The number of aromatic nitrogens is 7. The molecular formula is C19H18ClN7O3S. The van der Waals surface area contributed by atoms with Crippen molar-refractivity contribution in [2.75, 3.05) is 6.26 Å². The van der Waals surface area contributed by atoms with Crippen LogP contribution in [0.5, 0.6) is 11.5 Å². The van der Waals surface area contributed by atoms with Crippen LogP contribution < -0.4 is 4.74 Å². The van der Waals surface area contributed by atoms with Crippen molar-refractivity contribution in [1.82, 2.24) is 34.7 Å². The summed E-state index contributed by atoms with van der Waals surface area (Å²) in [6.07, 6.45) is 4.15. The second-order valence-electron chi connectivity index (χ2n) is 7.39. The summed E-state index contributed by atoms with van der Waals surface area (Å²) in [5, 5.41) is 13.2. The van der Waals surface area contributed by atoms with E-state index in [4.69, 9.17) is 21.1 Å². The van der Waals surface area contributed by atoms with Gasteiger partial charge in [-0.1, -0.05) is 28.6 Å². The van der Waals surface area contributed by atoms with Crippen molar-refractivity contribution in [3.8, 4) is 17.3 Å². The summed E-state index contributed by atoms with van der Waals surface area (Å²) in [5.41, 5.74) is 0.696. The SMILES string of the molecule is CSc1nc(Cl)cc(-n2nnc3cc(Oc4cnn(C(=O)OC(C)(C)C)c4)ccc32)n1. The second-order valence-corrected chi connectivity index (χ2v) is 8.55. The molecule has 1 aromatic carbocycles. The lowest BCUT2D eigenvalue weighted by Gasteiger charge is -2.18. The number of carbonyl (C=O) groups excluding carboxylic acids is 1. The van der Waals surface area contributed by atoms with E-state index in [1.54, 1.807) is 49.7 Å². The van der Waals surface area contributed by atoms with Crippen molar-refractivity contribution in [1.29, 1.82) is 0 Å². The van der Waals surface area contributed by atoms with Crippen molar-refractivity contribution >= 4 is 40.5 Å². The van der Waals surface area contributed by atoms with E-state index >= 15 is 0 Å². The maximum absolute atomic E-state index is 12.1. The maximum atomic E-state index is 12.1. The van der Waals surface area contributed by atoms with Crippen LogP contribution in [0, 0.1) is 0 Å². The zero-order chi connectivity index (χ0) is 22.2. The van der Waals surface area contributed by atoms with E-state index in [2.05, 4.69) is 25.4 Å². The number of halogens is 1. The lowest BCUT2D eigenvalue weighted by molar-refractivity contribution is 0.0514. The summed E-state index contributed by atoms with van der Waals surface area (Å²) < 4.78 is 13.7. The molecule has 0 fully saturated rings. The highest BCUT2D eigenvalue weighted by Gasteiger charge is 2.19. The number of hydrogen-bond acceptors (Lipinski definition) is 9. The fraction of sp³-hybridized carbons (Fsp3) is 0.263. The van der Waals surface area contributed by atoms with Crippen LogP contribution >= 0.6 is 23.4 Å². The number of fused-ring (bicyclic) bond motifs is 1. The number of thioether (sulfide) groups is 1. The van der Waals surface area contributed by atoms with Crippen LogP contribution in [0.2, 0.25) is 5.15 Å². The highest BCUT2D eigenvalue weighted by atomic mass is 35.5. The van der Waals surface area contributed by atoms with Crippen LogP contribution in [-0.4, -0.2) is 52.7 Å². The molecule has 0 atom stereocenters. The molecule has 3 heterocycles. The van der Waals surface area contributed by atoms with Gasteiger partial charge in [-0.05, 0) is 39.2 Å². The fourth-order valence-electron chi connectivity index (χ4n) is 2.63. The van der Waals surface area contributed by atoms with Crippen LogP contribution in [0.15, 0.2) is 41.8 Å². The third-order valence-electron chi connectivity index (χ3n) is 3.85. The topological polar surface area (TPSA) is 110 Å². The molecule has 3 aromatic heterocycles. The average molecular weight is 460 g/mol. The molecule has 4 aromatic rings. The minimum atomic E-state index is -0.620. The van der Waals surface area contributed by atoms with E-state index in [1.807, 2.05) is 6.26 Å². The van der Waals surface area contributed by atoms with Gasteiger partial charge in [-0.2, -0.15) is 14.5 Å². The van der Waals surface area contributed by atoms with Crippen LogP contribution in [0.3, 0.4) is 0 Å². The summed E-state index contributed by atoms with van der Waals surface area (Å²) in [4.78, 5) is 20.6. The fourth-order valence-corrected chi connectivity index (χ4v) is 3.23. The molecule has 0 spiro atoms. The Morgan fingerprint density at radius 3 is 2.71 bits per heavy atom. The van der Waals surface area contributed by atoms with Crippen molar-refractivity contribution in [3.63, 3.8) is 0 Å². The van der Waals surface area contributed by atoms with Gasteiger partial charge in [0.2, 0.25) is 0 Å². The van der Waals surface area contributed by atoms with Gasteiger partial charge >= 0.3 is 6.09 Å². The number of carbonyl (C=O) groups is 1. The third-order valence-corrected chi connectivity index (χ3v) is 4.59. The molecule has 12 heteroatoms. The lowest BCUT2D eigenvalue weighted by atomic mass is 10.2. The van der Waals surface area contributed by atoms with Crippen LogP contribution in [0.1, 0.15) is 20.8 Å². The highest BCUT2D eigenvalue weighted by Crippen LogP contribution is 2.26. The number of ether oxygens (including phenoxy) is 2. The Morgan fingerprint density at radius 1 is 1.16 bits per heavy atom. The summed E-state index contributed by atoms with van der Waals surface area (Å²) in [5.74, 6) is 1.40. The van der Waals surface area contributed by atoms with Crippen molar-refractivity contribution in [3.05, 3.63) is 41.8 Å². The molecule has 0 aliphatic heterocycles. The Bertz CT molecular complexity index is 1270. The predicted octanol–water partition coefficient (Wildman–Crippen LogP) is 4.36. The molecule has 160 valence electrons. The van der Waals surface area contributed by atoms with Gasteiger partial charge in [0.15, 0.2) is 16.7 Å². The summed E-state index contributed by atoms with van der Waals surface area (Å²) in [7, 11) is 0. The molecule has 0 radical (unpaired) electrons. The molecule has 4 rings (SSSR count). The molecule has 10 nitrogen and oxygen atoms in total. The molecule has 0 aliphatic carbocycles. The van der Waals surface area contributed by atoms with Crippen molar-refractivity contribution in [2.24, 2.45) is 0 Å². The lowest BCUT2D eigenvalue weighted by Crippen LogP contribution is -2.27. The van der Waals surface area contributed by atoms with Crippen LogP contribution in [0.4, 0.5) is 4.79 Å². The normalized spacial score (nSPS) is 11.6. The second kappa shape index (κ2) is 8.16. The number of rotatable bonds is 4. The largest absolute Gasteiger partial charge is 0.454 e. The summed E-state index contributed by atoms with van der Waals surface area (Å²) in [6, 6.07) is 6.90. The zero-order valence-corrected chi connectivity index (χ0v) is 18.7. The van der Waals surface area contributed by atoms with E-state index in [0.29, 0.717) is 33.1 Å². The van der Waals surface area contributed by atoms with Gasteiger partial charge in [-0.3, -0.25) is 0 Å². The zero-order valence-electron chi connectivity index (χ0n) is 17.1. The molecule has 0 bridgehead atoms. The average Bonchev–Trinajstić information content (AvgIpc) is 3.33. The smallest absolute Gasteiger partial charge is 0.435 e. The first-order chi connectivity index (χ1) is 14.7. The third kappa shape index (κ3) is 4.78. The predicted molar refractivity (Wildman–Crippen MR) is 115 cm³/mol. The van der Waals surface area contributed by atoms with Crippen molar-refractivity contribution < 1.29 is 14.3 Å². The van der Waals surface area contributed by atoms with Gasteiger partial charge in [-0.25, -0.2) is 14.8 Å². The molecule has 0 aliphatic rings. The first kappa shape index (κ1) is 21.1. The molecule has 0 saturated carbocycles. The van der Waals surface area contributed by atoms with Crippen LogP contribution in [0.25, 0.3) is 16.9 Å². The van der Waals surface area contributed by atoms with E-state index in [1.165, 1.54) is 24.2 Å². The Labute approximate surface area is 186 Å². The minimum Gasteiger partial charge on any atom is -0.454 e. The Morgan fingerprint density at radius 2 is 1.97 bits per heavy atom. The first-order valence-corrected chi connectivity index (χ1v) is 10.7. The van der Waals surface area contributed by atoms with Crippen LogP contribution in [-0.2, 0) is 4.74 Å².